The van der Waals surface area contributed by atoms with E-state index in [4.69, 9.17) is 14.6 Å². The zero-order valence-electron chi connectivity index (χ0n) is 19.1. The Morgan fingerprint density at radius 3 is 2.37 bits per heavy atom. The lowest BCUT2D eigenvalue weighted by atomic mass is 9.98. The Morgan fingerprint density at radius 1 is 1.09 bits per heavy atom. The minimum Gasteiger partial charge on any atom is -0.481 e. The van der Waals surface area contributed by atoms with Crippen LogP contribution in [0.3, 0.4) is 0 Å². The van der Waals surface area contributed by atoms with Gasteiger partial charge in [-0.1, -0.05) is 48.5 Å². The Bertz CT molecular complexity index is 1180. The van der Waals surface area contributed by atoms with Gasteiger partial charge >= 0.3 is 12.1 Å². The van der Waals surface area contributed by atoms with Gasteiger partial charge in [0.15, 0.2) is 0 Å². The highest BCUT2D eigenvalue weighted by molar-refractivity contribution is 5.85. The van der Waals surface area contributed by atoms with Crippen molar-refractivity contribution in [3.05, 3.63) is 72.1 Å². The number of aromatic nitrogens is 2. The average molecular weight is 479 g/mol. The van der Waals surface area contributed by atoms with Gasteiger partial charge in [-0.3, -0.25) is 19.6 Å². The summed E-state index contributed by atoms with van der Waals surface area (Å²) in [4.78, 5) is 35.3. The summed E-state index contributed by atoms with van der Waals surface area (Å²) >= 11 is 0. The van der Waals surface area contributed by atoms with Gasteiger partial charge in [0.1, 0.15) is 13.2 Å². The third-order valence-electron chi connectivity index (χ3n) is 5.79. The van der Waals surface area contributed by atoms with E-state index in [9.17, 15) is 14.4 Å². The summed E-state index contributed by atoms with van der Waals surface area (Å²) < 4.78 is 11.9. The Hall–Kier alpha value is -4.18. The van der Waals surface area contributed by atoms with Crippen molar-refractivity contribution in [1.29, 1.82) is 0 Å². The molecule has 4 rings (SSSR count). The van der Waals surface area contributed by atoms with Gasteiger partial charge in [-0.15, -0.1) is 0 Å². The molecule has 0 fully saturated rings. The van der Waals surface area contributed by atoms with E-state index in [1.807, 2.05) is 36.4 Å². The number of fused-ring (bicyclic) bond motifs is 3. The second-order valence-corrected chi connectivity index (χ2v) is 8.14. The number of ether oxygens (including phenoxy) is 2. The second kappa shape index (κ2) is 10.8. The lowest BCUT2D eigenvalue weighted by Crippen LogP contribution is -2.36. The molecule has 0 saturated carbocycles. The van der Waals surface area contributed by atoms with Crippen LogP contribution in [0.2, 0.25) is 0 Å². The van der Waals surface area contributed by atoms with Gasteiger partial charge in [0.2, 0.25) is 5.91 Å². The average Bonchev–Trinajstić information content (AvgIpc) is 3.41. The molecule has 1 unspecified atom stereocenters. The van der Waals surface area contributed by atoms with Crippen molar-refractivity contribution < 1.29 is 29.0 Å². The van der Waals surface area contributed by atoms with Crippen LogP contribution in [0.5, 0.6) is 0 Å². The van der Waals surface area contributed by atoms with Crippen LogP contribution >= 0.6 is 0 Å². The summed E-state index contributed by atoms with van der Waals surface area (Å²) in [7, 11) is 1.38. The highest BCUT2D eigenvalue weighted by atomic mass is 16.5. The second-order valence-electron chi connectivity index (χ2n) is 8.14. The minimum atomic E-state index is -1.01. The quantitative estimate of drug-likeness (QED) is 0.408. The number of nitrogens with zero attached hydrogens (tertiary/aromatic N) is 2. The molecule has 35 heavy (non-hydrogen) atoms. The maximum absolute atomic E-state index is 12.4. The number of amides is 2. The molecule has 0 radical (unpaired) electrons. The molecular formula is C25H26N4O6. The van der Waals surface area contributed by atoms with Gasteiger partial charge in [-0.2, -0.15) is 5.10 Å². The van der Waals surface area contributed by atoms with E-state index in [0.29, 0.717) is 5.69 Å². The van der Waals surface area contributed by atoms with Crippen molar-refractivity contribution >= 4 is 23.7 Å². The molecule has 1 aliphatic rings. The third-order valence-corrected chi connectivity index (χ3v) is 5.79. The van der Waals surface area contributed by atoms with Crippen molar-refractivity contribution in [1.82, 2.24) is 15.1 Å². The fourth-order valence-electron chi connectivity index (χ4n) is 4.13. The first-order valence-electron chi connectivity index (χ1n) is 11.1. The fraction of sp³-hybridized carbons (Fsp3) is 0.280. The molecule has 10 heteroatoms. The van der Waals surface area contributed by atoms with Gasteiger partial charge < -0.3 is 19.9 Å². The summed E-state index contributed by atoms with van der Waals surface area (Å²) in [5, 5.41) is 18.1. The van der Waals surface area contributed by atoms with E-state index in [2.05, 4.69) is 27.9 Å². The Kier molecular flexibility index (Phi) is 7.41. The highest BCUT2D eigenvalue weighted by Crippen LogP contribution is 2.44. The van der Waals surface area contributed by atoms with Crippen LogP contribution in [0, 0.1) is 0 Å². The number of aliphatic carboxylic acids is 1. The lowest BCUT2D eigenvalue weighted by Gasteiger charge is -2.14. The maximum atomic E-state index is 12.4. The number of rotatable bonds is 10. The molecule has 2 amide bonds. The predicted octanol–water partition coefficient (Wildman–Crippen LogP) is 2.85. The molecule has 2 aromatic carbocycles. The van der Waals surface area contributed by atoms with Crippen LogP contribution in [0.15, 0.2) is 60.9 Å². The topological polar surface area (TPSA) is 132 Å². The molecule has 1 aliphatic carbocycles. The molecule has 3 aromatic rings. The van der Waals surface area contributed by atoms with E-state index >= 15 is 0 Å². The van der Waals surface area contributed by atoms with E-state index in [0.717, 1.165) is 22.3 Å². The molecule has 182 valence electrons. The van der Waals surface area contributed by atoms with Crippen LogP contribution in [0.1, 0.15) is 23.5 Å². The van der Waals surface area contributed by atoms with Crippen molar-refractivity contribution in [2.45, 2.75) is 25.0 Å². The van der Waals surface area contributed by atoms with E-state index < -0.39 is 18.2 Å². The monoisotopic (exact) mass is 478 g/mol. The van der Waals surface area contributed by atoms with Gasteiger partial charge in [0.25, 0.3) is 0 Å². The minimum absolute atomic E-state index is 0.0448. The number of carbonyl (C=O) groups is 3. The zero-order chi connectivity index (χ0) is 24.8. The number of nitrogens with one attached hydrogen (secondary N) is 2. The smallest absolute Gasteiger partial charge is 0.411 e. The van der Waals surface area contributed by atoms with Crippen LogP contribution in [0.25, 0.3) is 11.1 Å². The van der Waals surface area contributed by atoms with Crippen LogP contribution in [-0.2, 0) is 25.6 Å². The molecule has 0 saturated heterocycles. The van der Waals surface area contributed by atoms with Gasteiger partial charge in [-0.25, -0.2) is 4.79 Å². The Labute approximate surface area is 201 Å². The number of carboxylic acid groups (broad SMARTS) is 1. The maximum Gasteiger partial charge on any atom is 0.411 e. The number of hydrogen-bond acceptors (Lipinski definition) is 6. The SMILES string of the molecule is COC(CNC(=O)Cn1cc(NC(=O)OCC2c3ccccc3-c3ccccc32)cn1)CC(=O)O. The predicted molar refractivity (Wildman–Crippen MR) is 127 cm³/mol. The zero-order valence-corrected chi connectivity index (χ0v) is 19.1. The summed E-state index contributed by atoms with van der Waals surface area (Å²) in [5.74, 6) is -1.42. The van der Waals surface area contributed by atoms with Crippen molar-refractivity contribution in [3.63, 3.8) is 0 Å². The van der Waals surface area contributed by atoms with Gasteiger partial charge in [0.05, 0.1) is 24.4 Å². The van der Waals surface area contributed by atoms with Crippen LogP contribution < -0.4 is 10.6 Å². The summed E-state index contributed by atoms with van der Waals surface area (Å²) in [6.45, 7) is 0.150. The first-order chi connectivity index (χ1) is 16.9. The van der Waals surface area contributed by atoms with Crippen molar-refractivity contribution in [2.24, 2.45) is 0 Å². The van der Waals surface area contributed by atoms with E-state index in [1.165, 1.54) is 24.2 Å². The number of benzene rings is 2. The first kappa shape index (κ1) is 24.0. The molecule has 0 bridgehead atoms. The standard InChI is InChI=1S/C25H26N4O6/c1-34-17(10-24(31)32)12-26-23(30)14-29-13-16(11-27-29)28-25(33)35-15-22-20-8-4-2-6-18(20)19-7-3-5-9-21(19)22/h2-9,11,13,17,22H,10,12,14-15H2,1H3,(H,26,30)(H,28,33)(H,31,32). The summed E-state index contributed by atoms with van der Waals surface area (Å²) in [6, 6.07) is 16.2. The summed E-state index contributed by atoms with van der Waals surface area (Å²) in [6.07, 6.45) is 1.46. The van der Waals surface area contributed by atoms with E-state index in [1.54, 1.807) is 0 Å². The number of hydrogen-bond donors (Lipinski definition) is 3. The lowest BCUT2D eigenvalue weighted by molar-refractivity contribution is -0.140. The van der Waals surface area contributed by atoms with Gasteiger partial charge in [-0.05, 0) is 22.3 Å². The molecule has 10 nitrogen and oxygen atoms in total. The molecule has 0 spiro atoms. The first-order valence-corrected chi connectivity index (χ1v) is 11.1. The molecule has 1 heterocycles. The third kappa shape index (κ3) is 5.85. The largest absolute Gasteiger partial charge is 0.481 e. The van der Waals surface area contributed by atoms with Gasteiger partial charge in [0, 0.05) is 25.8 Å². The van der Waals surface area contributed by atoms with Crippen molar-refractivity contribution in [3.8, 4) is 11.1 Å². The normalized spacial score (nSPS) is 12.9. The van der Waals surface area contributed by atoms with E-state index in [-0.39, 0.29) is 37.9 Å². The number of methoxy groups -OCH3 is 1. The molecule has 1 aromatic heterocycles. The van der Waals surface area contributed by atoms with Crippen molar-refractivity contribution in [2.75, 3.05) is 25.6 Å². The number of carboxylic acids is 1. The highest BCUT2D eigenvalue weighted by Gasteiger charge is 2.29. The van der Waals surface area contributed by atoms with Crippen LogP contribution in [-0.4, -0.2) is 59.2 Å². The number of anilines is 1. The number of carbonyl (C=O) groups excluding carboxylic acids is 2. The fourth-order valence-corrected chi connectivity index (χ4v) is 4.13. The van der Waals surface area contributed by atoms with Crippen LogP contribution in [0.4, 0.5) is 10.5 Å². The Morgan fingerprint density at radius 2 is 1.74 bits per heavy atom. The molecule has 0 aliphatic heterocycles. The molecular weight excluding hydrogens is 452 g/mol. The molecule has 3 N–H and O–H groups in total. The Balaban J connectivity index is 1.28. The summed E-state index contributed by atoms with van der Waals surface area (Å²) in [5.41, 5.74) is 4.93. The molecule has 1 atom stereocenters.